The molecule has 2 heterocycles. The van der Waals surface area contributed by atoms with E-state index in [0.717, 1.165) is 43.6 Å². The Bertz CT molecular complexity index is 707. The summed E-state index contributed by atoms with van der Waals surface area (Å²) in [6, 6.07) is 9.99. The predicted octanol–water partition coefficient (Wildman–Crippen LogP) is 3.01. The van der Waals surface area contributed by atoms with Gasteiger partial charge in [0.2, 0.25) is 0 Å². The Morgan fingerprint density at radius 2 is 2.00 bits per heavy atom. The maximum Gasteiger partial charge on any atom is 0.254 e. The van der Waals surface area contributed by atoms with Crippen molar-refractivity contribution < 1.29 is 9.53 Å². The SMILES string of the molecule is O=C(N[C@H]1CCc2nccn2C1)[C@@H](OC1CCCC1)c1ccccc1. The molecule has 25 heavy (non-hydrogen) atoms. The van der Waals surface area contributed by atoms with Gasteiger partial charge in [0, 0.05) is 31.4 Å². The highest BCUT2D eigenvalue weighted by atomic mass is 16.5. The standard InChI is InChI=1S/C20H25N3O2/c24-20(22-16-10-11-18-21-12-13-23(18)14-16)19(15-6-2-1-3-7-15)25-17-8-4-5-9-17/h1-3,6-7,12-13,16-17,19H,4-5,8-11,14H2,(H,22,24)/t16-,19-/m0/s1. The fourth-order valence-electron chi connectivity index (χ4n) is 3.90. The molecule has 0 saturated heterocycles. The summed E-state index contributed by atoms with van der Waals surface area (Å²) in [4.78, 5) is 17.3. The molecule has 2 atom stereocenters. The third-order valence-corrected chi connectivity index (χ3v) is 5.25. The highest BCUT2D eigenvalue weighted by Gasteiger charge is 2.29. The normalized spacial score (nSPS) is 21.7. The summed E-state index contributed by atoms with van der Waals surface area (Å²) in [6.45, 7) is 0.784. The van der Waals surface area contributed by atoms with E-state index in [1.165, 1.54) is 12.8 Å². The Kier molecular flexibility index (Phi) is 4.83. The zero-order valence-corrected chi connectivity index (χ0v) is 14.4. The first-order chi connectivity index (χ1) is 12.3. The molecule has 4 rings (SSSR count). The van der Waals surface area contributed by atoms with Crippen LogP contribution < -0.4 is 5.32 Å². The molecule has 0 bridgehead atoms. The van der Waals surface area contributed by atoms with Crippen LogP contribution in [0.25, 0.3) is 0 Å². The van der Waals surface area contributed by atoms with E-state index in [1.807, 2.05) is 42.7 Å². The van der Waals surface area contributed by atoms with Crippen LogP contribution in [-0.4, -0.2) is 27.6 Å². The first-order valence-corrected chi connectivity index (χ1v) is 9.30. The fourth-order valence-corrected chi connectivity index (χ4v) is 3.90. The van der Waals surface area contributed by atoms with E-state index < -0.39 is 6.10 Å². The van der Waals surface area contributed by atoms with Gasteiger partial charge in [-0.05, 0) is 24.8 Å². The molecule has 2 aromatic rings. The average molecular weight is 339 g/mol. The van der Waals surface area contributed by atoms with Crippen molar-refractivity contribution in [1.29, 1.82) is 0 Å². The van der Waals surface area contributed by atoms with Crippen molar-refractivity contribution >= 4 is 5.91 Å². The van der Waals surface area contributed by atoms with E-state index in [-0.39, 0.29) is 18.1 Å². The number of aryl methyl sites for hydroxylation is 1. The fraction of sp³-hybridized carbons (Fsp3) is 0.500. The van der Waals surface area contributed by atoms with Crippen molar-refractivity contribution in [3.05, 3.63) is 54.1 Å². The minimum Gasteiger partial charge on any atom is -0.360 e. The number of amides is 1. The summed E-state index contributed by atoms with van der Waals surface area (Å²) >= 11 is 0. The molecule has 1 fully saturated rings. The monoisotopic (exact) mass is 339 g/mol. The number of benzene rings is 1. The Morgan fingerprint density at radius 1 is 1.20 bits per heavy atom. The summed E-state index contributed by atoms with van der Waals surface area (Å²) in [7, 11) is 0. The first kappa shape index (κ1) is 16.3. The van der Waals surface area contributed by atoms with Crippen molar-refractivity contribution in [3.63, 3.8) is 0 Å². The third kappa shape index (κ3) is 3.76. The Balaban J connectivity index is 1.45. The number of nitrogens with zero attached hydrogens (tertiary/aromatic N) is 2. The van der Waals surface area contributed by atoms with Gasteiger partial charge in [0.25, 0.3) is 5.91 Å². The molecule has 0 radical (unpaired) electrons. The number of carbonyl (C=O) groups is 1. The van der Waals surface area contributed by atoms with Crippen LogP contribution in [-0.2, 0) is 22.5 Å². The molecular weight excluding hydrogens is 314 g/mol. The lowest BCUT2D eigenvalue weighted by Gasteiger charge is -2.28. The number of ether oxygens (including phenoxy) is 1. The predicted molar refractivity (Wildman–Crippen MR) is 95.0 cm³/mol. The van der Waals surface area contributed by atoms with Gasteiger partial charge in [0.05, 0.1) is 6.10 Å². The molecule has 5 nitrogen and oxygen atoms in total. The molecule has 1 aromatic heterocycles. The van der Waals surface area contributed by atoms with Gasteiger partial charge in [-0.3, -0.25) is 4.79 Å². The number of hydrogen-bond acceptors (Lipinski definition) is 3. The van der Waals surface area contributed by atoms with E-state index in [0.29, 0.717) is 0 Å². The van der Waals surface area contributed by atoms with E-state index in [4.69, 9.17) is 4.74 Å². The molecule has 5 heteroatoms. The van der Waals surface area contributed by atoms with Crippen LogP contribution in [0.2, 0.25) is 0 Å². The van der Waals surface area contributed by atoms with Crippen LogP contribution in [0.3, 0.4) is 0 Å². The molecule has 1 aromatic carbocycles. The van der Waals surface area contributed by atoms with Gasteiger partial charge < -0.3 is 14.6 Å². The van der Waals surface area contributed by atoms with Gasteiger partial charge in [-0.1, -0.05) is 43.2 Å². The minimum atomic E-state index is -0.520. The van der Waals surface area contributed by atoms with E-state index in [1.54, 1.807) is 0 Å². The van der Waals surface area contributed by atoms with Crippen molar-refractivity contribution in [2.24, 2.45) is 0 Å². The third-order valence-electron chi connectivity index (χ3n) is 5.25. The quantitative estimate of drug-likeness (QED) is 0.911. The number of imidazole rings is 1. The van der Waals surface area contributed by atoms with Gasteiger partial charge in [0.15, 0.2) is 6.10 Å². The molecule has 1 aliphatic heterocycles. The highest BCUT2D eigenvalue weighted by molar-refractivity contribution is 5.82. The minimum absolute atomic E-state index is 0.0216. The van der Waals surface area contributed by atoms with E-state index in [9.17, 15) is 4.79 Å². The van der Waals surface area contributed by atoms with Gasteiger partial charge in [-0.2, -0.15) is 0 Å². The largest absolute Gasteiger partial charge is 0.360 e. The van der Waals surface area contributed by atoms with Gasteiger partial charge in [-0.15, -0.1) is 0 Å². The van der Waals surface area contributed by atoms with Crippen molar-refractivity contribution in [2.75, 3.05) is 0 Å². The second-order valence-electron chi connectivity index (χ2n) is 7.07. The van der Waals surface area contributed by atoms with Crippen molar-refractivity contribution in [2.45, 2.75) is 63.3 Å². The van der Waals surface area contributed by atoms with Crippen LogP contribution in [0.1, 0.15) is 49.6 Å². The summed E-state index contributed by atoms with van der Waals surface area (Å²) in [5, 5.41) is 3.21. The van der Waals surface area contributed by atoms with Crippen LogP contribution in [0, 0.1) is 0 Å². The zero-order chi connectivity index (χ0) is 17.1. The highest BCUT2D eigenvalue weighted by Crippen LogP contribution is 2.28. The lowest BCUT2D eigenvalue weighted by Crippen LogP contribution is -2.44. The molecular formula is C20H25N3O2. The molecule has 1 aliphatic carbocycles. The summed E-state index contributed by atoms with van der Waals surface area (Å²) < 4.78 is 8.35. The molecule has 0 spiro atoms. The van der Waals surface area contributed by atoms with Crippen LogP contribution in [0.5, 0.6) is 0 Å². The van der Waals surface area contributed by atoms with Crippen molar-refractivity contribution in [1.82, 2.24) is 14.9 Å². The van der Waals surface area contributed by atoms with E-state index >= 15 is 0 Å². The molecule has 1 amide bonds. The second kappa shape index (κ2) is 7.40. The lowest BCUT2D eigenvalue weighted by molar-refractivity contribution is -0.138. The smallest absolute Gasteiger partial charge is 0.254 e. The zero-order valence-electron chi connectivity index (χ0n) is 14.4. The molecule has 1 N–H and O–H groups in total. The van der Waals surface area contributed by atoms with E-state index in [2.05, 4.69) is 14.9 Å². The molecule has 132 valence electrons. The second-order valence-corrected chi connectivity index (χ2v) is 7.07. The molecule has 0 unspecified atom stereocenters. The summed E-state index contributed by atoms with van der Waals surface area (Å²) in [6.07, 6.45) is 9.81. The number of fused-ring (bicyclic) bond motifs is 1. The maximum atomic E-state index is 13.0. The summed E-state index contributed by atoms with van der Waals surface area (Å²) in [5.74, 6) is 1.08. The number of hydrogen-bond donors (Lipinski definition) is 1. The average Bonchev–Trinajstić information content (AvgIpc) is 3.31. The first-order valence-electron chi connectivity index (χ1n) is 9.30. The van der Waals surface area contributed by atoms with Gasteiger partial charge in [0.1, 0.15) is 5.82 Å². The van der Waals surface area contributed by atoms with Gasteiger partial charge in [-0.25, -0.2) is 4.98 Å². The maximum absolute atomic E-state index is 13.0. The Labute approximate surface area is 148 Å². The van der Waals surface area contributed by atoms with Crippen molar-refractivity contribution in [3.8, 4) is 0 Å². The molecule has 1 saturated carbocycles. The number of carbonyl (C=O) groups excluding carboxylic acids is 1. The van der Waals surface area contributed by atoms with Crippen LogP contribution >= 0.6 is 0 Å². The topological polar surface area (TPSA) is 56.2 Å². The number of rotatable bonds is 5. The molecule has 2 aliphatic rings. The van der Waals surface area contributed by atoms with Crippen LogP contribution in [0.15, 0.2) is 42.7 Å². The number of aromatic nitrogens is 2. The van der Waals surface area contributed by atoms with Crippen LogP contribution in [0.4, 0.5) is 0 Å². The summed E-state index contributed by atoms with van der Waals surface area (Å²) in [5.41, 5.74) is 0.936. The number of nitrogens with one attached hydrogen (secondary N) is 1. The lowest BCUT2D eigenvalue weighted by atomic mass is 10.0. The Hall–Kier alpha value is -2.14. The Morgan fingerprint density at radius 3 is 2.80 bits per heavy atom. The van der Waals surface area contributed by atoms with Gasteiger partial charge >= 0.3 is 0 Å².